The van der Waals surface area contributed by atoms with Crippen LogP contribution in [0.5, 0.6) is 5.75 Å². The van der Waals surface area contributed by atoms with Crippen LogP contribution in [-0.2, 0) is 6.54 Å². The molecule has 3 aromatic rings. The summed E-state index contributed by atoms with van der Waals surface area (Å²) in [5.74, 6) is 0.510. The van der Waals surface area contributed by atoms with Crippen molar-refractivity contribution in [1.29, 1.82) is 0 Å². The SMILES string of the molecule is Cc1ccc(OCCN(C)C(=O)c2ccc(=O)n(Cc3ccccc3)n2)cc1. The van der Waals surface area contributed by atoms with Crippen molar-refractivity contribution in [2.75, 3.05) is 20.2 Å². The maximum atomic E-state index is 12.6. The maximum absolute atomic E-state index is 12.6. The van der Waals surface area contributed by atoms with Crippen LogP contribution in [0.1, 0.15) is 21.6 Å². The zero-order chi connectivity index (χ0) is 19.9. The van der Waals surface area contributed by atoms with Gasteiger partial charge in [-0.15, -0.1) is 0 Å². The van der Waals surface area contributed by atoms with Gasteiger partial charge in [-0.25, -0.2) is 4.68 Å². The minimum absolute atomic E-state index is 0.230. The van der Waals surface area contributed by atoms with Gasteiger partial charge in [-0.3, -0.25) is 9.59 Å². The third kappa shape index (κ3) is 5.07. The largest absolute Gasteiger partial charge is 0.492 e. The second-order valence-electron chi connectivity index (χ2n) is 6.59. The van der Waals surface area contributed by atoms with Crippen LogP contribution >= 0.6 is 0 Å². The number of aryl methyl sites for hydroxylation is 1. The number of hydrogen-bond acceptors (Lipinski definition) is 4. The molecule has 0 saturated heterocycles. The number of likely N-dealkylation sites (N-methyl/N-ethyl adjacent to an activating group) is 1. The van der Waals surface area contributed by atoms with E-state index in [1.165, 1.54) is 21.7 Å². The normalized spacial score (nSPS) is 10.5. The number of rotatable bonds is 7. The molecule has 1 heterocycles. The lowest BCUT2D eigenvalue weighted by Crippen LogP contribution is -2.33. The van der Waals surface area contributed by atoms with Crippen LogP contribution < -0.4 is 10.3 Å². The lowest BCUT2D eigenvalue weighted by molar-refractivity contribution is 0.0765. The van der Waals surface area contributed by atoms with E-state index in [4.69, 9.17) is 4.74 Å². The van der Waals surface area contributed by atoms with Crippen molar-refractivity contribution >= 4 is 5.91 Å². The van der Waals surface area contributed by atoms with E-state index in [9.17, 15) is 9.59 Å². The Morgan fingerprint density at radius 3 is 2.46 bits per heavy atom. The Kier molecular flexibility index (Phi) is 6.22. The molecule has 0 fully saturated rings. The fourth-order valence-corrected chi connectivity index (χ4v) is 2.66. The number of amides is 1. The average molecular weight is 377 g/mol. The van der Waals surface area contributed by atoms with Gasteiger partial charge in [-0.1, -0.05) is 48.0 Å². The van der Waals surface area contributed by atoms with Crippen LogP contribution in [0.25, 0.3) is 0 Å². The monoisotopic (exact) mass is 377 g/mol. The van der Waals surface area contributed by atoms with Gasteiger partial charge in [0.05, 0.1) is 13.1 Å². The second kappa shape index (κ2) is 8.99. The van der Waals surface area contributed by atoms with E-state index in [0.717, 1.165) is 16.9 Å². The van der Waals surface area contributed by atoms with Crippen LogP contribution in [0, 0.1) is 6.92 Å². The van der Waals surface area contributed by atoms with Crippen molar-refractivity contribution < 1.29 is 9.53 Å². The van der Waals surface area contributed by atoms with E-state index in [0.29, 0.717) is 19.7 Å². The van der Waals surface area contributed by atoms with E-state index in [1.807, 2.05) is 61.5 Å². The molecule has 6 heteroatoms. The van der Waals surface area contributed by atoms with E-state index >= 15 is 0 Å². The summed E-state index contributed by atoms with van der Waals surface area (Å²) in [6.45, 7) is 3.11. The highest BCUT2D eigenvalue weighted by Gasteiger charge is 2.15. The van der Waals surface area contributed by atoms with Gasteiger partial charge in [0.2, 0.25) is 0 Å². The lowest BCUT2D eigenvalue weighted by Gasteiger charge is -2.17. The molecule has 0 saturated carbocycles. The Morgan fingerprint density at radius 2 is 1.75 bits per heavy atom. The van der Waals surface area contributed by atoms with Crippen molar-refractivity contribution in [3.05, 3.63) is 93.9 Å². The van der Waals surface area contributed by atoms with Gasteiger partial charge in [0.15, 0.2) is 0 Å². The summed E-state index contributed by atoms with van der Waals surface area (Å²) in [5.41, 5.74) is 2.09. The van der Waals surface area contributed by atoms with Gasteiger partial charge in [0, 0.05) is 13.1 Å². The zero-order valence-corrected chi connectivity index (χ0v) is 16.0. The van der Waals surface area contributed by atoms with Crippen molar-refractivity contribution in [3.63, 3.8) is 0 Å². The molecule has 1 aromatic heterocycles. The summed E-state index contributed by atoms with van der Waals surface area (Å²) in [5, 5.41) is 4.24. The summed E-state index contributed by atoms with van der Waals surface area (Å²) in [6.07, 6.45) is 0. The summed E-state index contributed by atoms with van der Waals surface area (Å²) >= 11 is 0. The summed E-state index contributed by atoms with van der Waals surface area (Å²) in [4.78, 5) is 26.3. The van der Waals surface area contributed by atoms with Crippen molar-refractivity contribution in [2.45, 2.75) is 13.5 Å². The Bertz CT molecular complexity index is 982. The highest BCUT2D eigenvalue weighted by molar-refractivity contribution is 5.91. The number of ether oxygens (including phenoxy) is 1. The molecule has 0 aliphatic heterocycles. The molecule has 0 radical (unpaired) electrons. The molecule has 6 nitrogen and oxygen atoms in total. The highest BCUT2D eigenvalue weighted by atomic mass is 16.5. The first kappa shape index (κ1) is 19.4. The molecule has 0 aliphatic rings. The summed E-state index contributed by atoms with van der Waals surface area (Å²) in [6, 6.07) is 20.1. The van der Waals surface area contributed by atoms with Gasteiger partial charge >= 0.3 is 0 Å². The number of carbonyl (C=O) groups excluding carboxylic acids is 1. The highest BCUT2D eigenvalue weighted by Crippen LogP contribution is 2.11. The zero-order valence-electron chi connectivity index (χ0n) is 16.0. The fraction of sp³-hybridized carbons (Fsp3) is 0.227. The summed E-state index contributed by atoms with van der Waals surface area (Å²) < 4.78 is 6.97. The van der Waals surface area contributed by atoms with E-state index < -0.39 is 0 Å². The molecule has 0 unspecified atom stereocenters. The molecular weight excluding hydrogens is 354 g/mol. The molecular formula is C22H23N3O3. The van der Waals surface area contributed by atoms with Crippen LogP contribution in [0.3, 0.4) is 0 Å². The van der Waals surface area contributed by atoms with Gasteiger partial charge < -0.3 is 9.64 Å². The lowest BCUT2D eigenvalue weighted by atomic mass is 10.2. The quantitative estimate of drug-likeness (QED) is 0.635. The fourth-order valence-electron chi connectivity index (χ4n) is 2.66. The predicted molar refractivity (Wildman–Crippen MR) is 108 cm³/mol. The Morgan fingerprint density at radius 1 is 1.04 bits per heavy atom. The Labute approximate surface area is 164 Å². The molecule has 28 heavy (non-hydrogen) atoms. The van der Waals surface area contributed by atoms with Crippen molar-refractivity contribution in [1.82, 2.24) is 14.7 Å². The van der Waals surface area contributed by atoms with Gasteiger partial charge in [-0.2, -0.15) is 5.10 Å². The third-order valence-corrected chi connectivity index (χ3v) is 4.32. The van der Waals surface area contributed by atoms with Crippen LogP contribution in [0.4, 0.5) is 0 Å². The molecule has 0 bridgehead atoms. The summed E-state index contributed by atoms with van der Waals surface area (Å²) in [7, 11) is 1.69. The average Bonchev–Trinajstić information content (AvgIpc) is 2.71. The first-order valence-electron chi connectivity index (χ1n) is 9.10. The van der Waals surface area contributed by atoms with E-state index in [-0.39, 0.29) is 17.2 Å². The molecule has 1 amide bonds. The van der Waals surface area contributed by atoms with Crippen LogP contribution in [0.15, 0.2) is 71.5 Å². The smallest absolute Gasteiger partial charge is 0.274 e. The van der Waals surface area contributed by atoms with Gasteiger partial charge in [0.1, 0.15) is 18.1 Å². The molecule has 0 aliphatic carbocycles. The van der Waals surface area contributed by atoms with Crippen molar-refractivity contribution in [2.24, 2.45) is 0 Å². The number of hydrogen-bond donors (Lipinski definition) is 0. The molecule has 0 atom stereocenters. The number of benzene rings is 2. The molecule has 0 spiro atoms. The number of nitrogens with zero attached hydrogens (tertiary/aromatic N) is 3. The minimum Gasteiger partial charge on any atom is -0.492 e. The standard InChI is InChI=1S/C22H23N3O3/c1-17-8-10-19(11-9-17)28-15-14-24(2)22(27)20-12-13-21(26)25(23-20)16-18-6-4-3-5-7-18/h3-13H,14-16H2,1-2H3. The van der Waals surface area contributed by atoms with Gasteiger partial charge in [-0.05, 0) is 30.7 Å². The Balaban J connectivity index is 1.62. The van der Waals surface area contributed by atoms with E-state index in [1.54, 1.807) is 7.05 Å². The number of aromatic nitrogens is 2. The second-order valence-corrected chi connectivity index (χ2v) is 6.59. The van der Waals surface area contributed by atoms with Crippen LogP contribution in [-0.4, -0.2) is 40.8 Å². The van der Waals surface area contributed by atoms with E-state index in [2.05, 4.69) is 5.10 Å². The minimum atomic E-state index is -0.255. The molecule has 2 aromatic carbocycles. The third-order valence-electron chi connectivity index (χ3n) is 4.32. The van der Waals surface area contributed by atoms with Crippen molar-refractivity contribution in [3.8, 4) is 5.75 Å². The van der Waals surface area contributed by atoms with Crippen LogP contribution in [0.2, 0.25) is 0 Å². The molecule has 0 N–H and O–H groups in total. The molecule has 144 valence electrons. The number of carbonyl (C=O) groups is 1. The first-order valence-corrected chi connectivity index (χ1v) is 9.10. The Hall–Kier alpha value is -3.41. The first-order chi connectivity index (χ1) is 13.5. The topological polar surface area (TPSA) is 64.4 Å². The predicted octanol–water partition coefficient (Wildman–Crippen LogP) is 2.75. The molecule has 3 rings (SSSR count). The maximum Gasteiger partial charge on any atom is 0.274 e. The van der Waals surface area contributed by atoms with Gasteiger partial charge in [0.25, 0.3) is 11.5 Å².